The van der Waals surface area contributed by atoms with E-state index in [9.17, 15) is 13.6 Å². The van der Waals surface area contributed by atoms with Crippen LogP contribution >= 0.6 is 0 Å². The Labute approximate surface area is 162 Å². The highest BCUT2D eigenvalue weighted by molar-refractivity contribution is 5.92. The van der Waals surface area contributed by atoms with Crippen LogP contribution in [0, 0.1) is 11.6 Å². The second kappa shape index (κ2) is 9.10. The number of para-hydroxylation sites is 3. The number of hydrogen-bond donors (Lipinski definition) is 2. The first kappa shape index (κ1) is 19.5. The molecule has 28 heavy (non-hydrogen) atoms. The molecule has 3 rings (SSSR count). The van der Waals surface area contributed by atoms with Gasteiger partial charge < -0.3 is 15.4 Å². The maximum absolute atomic E-state index is 13.4. The zero-order valence-electron chi connectivity index (χ0n) is 15.4. The van der Waals surface area contributed by atoms with E-state index < -0.39 is 11.6 Å². The summed E-state index contributed by atoms with van der Waals surface area (Å²) in [4.78, 5) is 12.3. The van der Waals surface area contributed by atoms with Crippen molar-refractivity contribution in [2.45, 2.75) is 13.0 Å². The largest absolute Gasteiger partial charge is 0.455 e. The van der Waals surface area contributed by atoms with E-state index in [0.717, 1.165) is 12.1 Å². The molecular weight excluding hydrogens is 362 g/mol. The Morgan fingerprint density at radius 3 is 2.46 bits per heavy atom. The summed E-state index contributed by atoms with van der Waals surface area (Å²) in [6.07, 6.45) is 0. The van der Waals surface area contributed by atoms with Crippen LogP contribution in [0.2, 0.25) is 0 Å². The van der Waals surface area contributed by atoms with Gasteiger partial charge in [0.25, 0.3) is 5.91 Å². The van der Waals surface area contributed by atoms with E-state index in [1.165, 1.54) is 6.07 Å². The lowest BCUT2D eigenvalue weighted by Gasteiger charge is -2.14. The van der Waals surface area contributed by atoms with Crippen molar-refractivity contribution in [3.05, 3.63) is 90.0 Å². The molecular formula is C22H21F2N2O2+. The van der Waals surface area contributed by atoms with Crippen molar-refractivity contribution in [2.75, 3.05) is 11.9 Å². The normalized spacial score (nSPS) is 11.7. The second-order valence-corrected chi connectivity index (χ2v) is 6.36. The van der Waals surface area contributed by atoms with E-state index in [0.29, 0.717) is 22.7 Å². The molecule has 4 nitrogen and oxygen atoms in total. The molecule has 0 saturated carbocycles. The molecule has 0 radical (unpaired) electrons. The van der Waals surface area contributed by atoms with Crippen molar-refractivity contribution >= 4 is 11.6 Å². The van der Waals surface area contributed by atoms with Gasteiger partial charge in [-0.1, -0.05) is 30.3 Å². The Morgan fingerprint density at radius 1 is 1.00 bits per heavy atom. The van der Waals surface area contributed by atoms with Gasteiger partial charge in [-0.3, -0.25) is 4.79 Å². The monoisotopic (exact) mass is 383 g/mol. The number of carbonyl (C=O) groups is 1. The first-order chi connectivity index (χ1) is 13.5. The van der Waals surface area contributed by atoms with Gasteiger partial charge in [-0.25, -0.2) is 8.78 Å². The highest BCUT2D eigenvalue weighted by atomic mass is 19.2. The summed E-state index contributed by atoms with van der Waals surface area (Å²) in [5, 5.41) is 4.58. The van der Waals surface area contributed by atoms with E-state index in [1.807, 2.05) is 43.3 Å². The van der Waals surface area contributed by atoms with Crippen molar-refractivity contribution in [1.82, 2.24) is 0 Å². The number of anilines is 1. The highest BCUT2D eigenvalue weighted by Gasteiger charge is 2.15. The number of hydrogen-bond acceptors (Lipinski definition) is 2. The quantitative estimate of drug-likeness (QED) is 0.648. The van der Waals surface area contributed by atoms with Crippen molar-refractivity contribution in [2.24, 2.45) is 0 Å². The first-order valence-electron chi connectivity index (χ1n) is 8.93. The van der Waals surface area contributed by atoms with E-state index in [4.69, 9.17) is 4.74 Å². The minimum atomic E-state index is -0.894. The number of benzene rings is 3. The molecule has 0 aliphatic heterocycles. The van der Waals surface area contributed by atoms with Crippen LogP contribution in [0.25, 0.3) is 0 Å². The fraction of sp³-hybridized carbons (Fsp3) is 0.136. The van der Waals surface area contributed by atoms with Gasteiger partial charge in [0.15, 0.2) is 23.9 Å². The van der Waals surface area contributed by atoms with Crippen LogP contribution in [0.5, 0.6) is 11.5 Å². The number of ether oxygens (including phenoxy) is 1. The Hall–Kier alpha value is -3.25. The molecule has 0 aromatic heterocycles. The number of nitrogens with two attached hydrogens (primary N) is 1. The summed E-state index contributed by atoms with van der Waals surface area (Å²) in [5.41, 5.74) is 1.17. The molecule has 3 aromatic carbocycles. The van der Waals surface area contributed by atoms with Gasteiger partial charge >= 0.3 is 0 Å². The molecule has 0 unspecified atom stereocenters. The molecule has 3 aromatic rings. The summed E-state index contributed by atoms with van der Waals surface area (Å²) >= 11 is 0. The molecule has 1 atom stereocenters. The minimum absolute atomic E-state index is 0.125. The molecule has 1 amide bonds. The number of rotatable bonds is 7. The number of carbonyl (C=O) groups excluding carboxylic acids is 1. The standard InChI is InChI=1S/C22H20F2N2O2/c1-15(16-11-12-18(23)19(24)13-16)25-14-22(27)26-20-9-5-6-10-21(20)28-17-7-3-2-4-8-17/h2-13,15,25H,14H2,1H3,(H,26,27)/p+1/t15-/m1/s1. The topological polar surface area (TPSA) is 54.9 Å². The van der Waals surface area contributed by atoms with Gasteiger partial charge in [0.1, 0.15) is 11.8 Å². The lowest BCUT2D eigenvalue weighted by Crippen LogP contribution is -2.86. The Kier molecular flexibility index (Phi) is 6.34. The third kappa shape index (κ3) is 5.14. The highest BCUT2D eigenvalue weighted by Crippen LogP contribution is 2.28. The molecule has 0 aliphatic carbocycles. The van der Waals surface area contributed by atoms with Gasteiger partial charge in [0, 0.05) is 5.56 Å². The Bertz CT molecular complexity index is 948. The third-order valence-electron chi connectivity index (χ3n) is 4.26. The Balaban J connectivity index is 1.59. The maximum atomic E-state index is 13.4. The number of halogens is 2. The van der Waals surface area contributed by atoms with Crippen molar-refractivity contribution < 1.29 is 23.6 Å². The molecule has 0 heterocycles. The van der Waals surface area contributed by atoms with Crippen LogP contribution < -0.4 is 15.4 Å². The van der Waals surface area contributed by atoms with E-state index in [1.54, 1.807) is 23.5 Å². The van der Waals surface area contributed by atoms with Crippen LogP contribution in [0.4, 0.5) is 14.5 Å². The number of nitrogens with one attached hydrogen (secondary N) is 1. The van der Waals surface area contributed by atoms with Crippen molar-refractivity contribution in [3.8, 4) is 11.5 Å². The van der Waals surface area contributed by atoms with Gasteiger partial charge in [-0.2, -0.15) is 0 Å². The first-order valence-corrected chi connectivity index (χ1v) is 8.93. The summed E-state index contributed by atoms with van der Waals surface area (Å²) < 4.78 is 32.2. The SMILES string of the molecule is C[C@@H]([NH2+]CC(=O)Nc1ccccc1Oc1ccccc1)c1ccc(F)c(F)c1. The molecule has 6 heteroatoms. The van der Waals surface area contributed by atoms with Crippen molar-refractivity contribution in [3.63, 3.8) is 0 Å². The van der Waals surface area contributed by atoms with Gasteiger partial charge in [0.2, 0.25) is 0 Å². The van der Waals surface area contributed by atoms with Crippen LogP contribution in [0.3, 0.4) is 0 Å². The smallest absolute Gasteiger partial charge is 0.279 e. The zero-order valence-corrected chi connectivity index (χ0v) is 15.4. The number of amides is 1. The molecule has 0 fully saturated rings. The molecule has 0 bridgehead atoms. The van der Waals surface area contributed by atoms with Gasteiger partial charge in [-0.15, -0.1) is 0 Å². The molecule has 0 spiro atoms. The zero-order chi connectivity index (χ0) is 19.9. The predicted octanol–water partition coefficient (Wildman–Crippen LogP) is 4.02. The summed E-state index contributed by atoms with van der Waals surface area (Å²) in [7, 11) is 0. The van der Waals surface area contributed by atoms with Gasteiger partial charge in [0.05, 0.1) is 5.69 Å². The fourth-order valence-electron chi connectivity index (χ4n) is 2.69. The molecule has 144 valence electrons. The fourth-order valence-corrected chi connectivity index (χ4v) is 2.69. The molecule has 0 aliphatic rings. The summed E-state index contributed by atoms with van der Waals surface area (Å²) in [6.45, 7) is 1.95. The lowest BCUT2D eigenvalue weighted by atomic mass is 10.1. The van der Waals surface area contributed by atoms with Crippen LogP contribution in [-0.2, 0) is 4.79 Å². The van der Waals surface area contributed by atoms with Crippen LogP contribution in [-0.4, -0.2) is 12.5 Å². The third-order valence-corrected chi connectivity index (χ3v) is 4.26. The number of quaternary nitrogens is 1. The summed E-state index contributed by atoms with van der Waals surface area (Å²) in [6, 6.07) is 20.0. The van der Waals surface area contributed by atoms with Crippen molar-refractivity contribution in [1.29, 1.82) is 0 Å². The lowest BCUT2D eigenvalue weighted by molar-refractivity contribution is -0.682. The second-order valence-electron chi connectivity index (χ2n) is 6.36. The predicted molar refractivity (Wildman–Crippen MR) is 103 cm³/mol. The van der Waals surface area contributed by atoms with E-state index >= 15 is 0 Å². The minimum Gasteiger partial charge on any atom is -0.455 e. The molecule has 3 N–H and O–H groups in total. The van der Waals surface area contributed by atoms with E-state index in [2.05, 4.69) is 5.32 Å². The molecule has 0 saturated heterocycles. The van der Waals surface area contributed by atoms with Gasteiger partial charge in [-0.05, 0) is 49.4 Å². The summed E-state index contributed by atoms with van der Waals surface area (Å²) in [5.74, 6) is -0.796. The Morgan fingerprint density at radius 2 is 1.71 bits per heavy atom. The van der Waals surface area contributed by atoms with Crippen LogP contribution in [0.15, 0.2) is 72.8 Å². The maximum Gasteiger partial charge on any atom is 0.279 e. The van der Waals surface area contributed by atoms with E-state index in [-0.39, 0.29) is 18.5 Å². The average molecular weight is 383 g/mol. The average Bonchev–Trinajstić information content (AvgIpc) is 2.70. The van der Waals surface area contributed by atoms with Crippen LogP contribution in [0.1, 0.15) is 18.5 Å².